The third-order valence-electron chi connectivity index (χ3n) is 21.9. The molecule has 22 aromatic rings. The molecule has 2 aliphatic carbocycles. The van der Waals surface area contributed by atoms with Gasteiger partial charge < -0.3 is 9.13 Å². The second kappa shape index (κ2) is 23.8. The highest BCUT2D eigenvalue weighted by Gasteiger charge is 2.31. The molecule has 0 N–H and O–H groups in total. The summed E-state index contributed by atoms with van der Waals surface area (Å²) in [6.45, 7) is 0. The maximum absolute atomic E-state index is 5.10. The minimum atomic E-state index is 0.639. The first-order valence-corrected chi connectivity index (χ1v) is 38.0. The van der Waals surface area contributed by atoms with E-state index in [-0.39, 0.29) is 0 Å². The van der Waals surface area contributed by atoms with Gasteiger partial charge in [0, 0.05) is 128 Å². The largest absolute Gasteiger partial charge is 0.309 e. The summed E-state index contributed by atoms with van der Waals surface area (Å²) >= 11 is 3.80. The van der Waals surface area contributed by atoms with E-state index >= 15 is 0 Å². The zero-order valence-corrected chi connectivity index (χ0v) is 59.4. The summed E-state index contributed by atoms with van der Waals surface area (Å²) in [5.74, 6) is 3.90. The van der Waals surface area contributed by atoms with Crippen LogP contribution in [0.3, 0.4) is 0 Å². The molecule has 0 saturated carbocycles. The van der Waals surface area contributed by atoms with E-state index in [2.05, 4.69) is 252 Å². The van der Waals surface area contributed by atoms with Gasteiger partial charge in [-0.3, -0.25) is 0 Å². The smallest absolute Gasteiger partial charge is 0.164 e. The predicted octanol–water partition coefficient (Wildman–Crippen LogP) is 26.3. The average molecular weight is 1410 g/mol. The summed E-state index contributed by atoms with van der Waals surface area (Å²) in [6, 6.07) is 121. The molecule has 108 heavy (non-hydrogen) atoms. The predicted molar refractivity (Wildman–Crippen MR) is 451 cm³/mol. The molecular formula is C98H56N8S2. The summed E-state index contributed by atoms with van der Waals surface area (Å²) in [4.78, 5) is 30.1. The van der Waals surface area contributed by atoms with Crippen molar-refractivity contribution in [2.45, 2.75) is 0 Å². The van der Waals surface area contributed by atoms with Crippen molar-refractivity contribution in [2.24, 2.45) is 0 Å². The maximum atomic E-state index is 5.10. The van der Waals surface area contributed by atoms with Crippen molar-refractivity contribution in [1.29, 1.82) is 0 Å². The monoisotopic (exact) mass is 1410 g/mol. The van der Waals surface area contributed by atoms with Crippen LogP contribution >= 0.6 is 22.7 Å². The Labute approximate surface area is 626 Å². The average Bonchev–Trinajstić information content (AvgIpc) is 1.52. The fraction of sp³-hybridized carbons (Fsp3) is 0. The van der Waals surface area contributed by atoms with Crippen LogP contribution in [0.25, 0.3) is 230 Å². The highest BCUT2D eigenvalue weighted by molar-refractivity contribution is 7.27. The molecule has 0 aliphatic heterocycles. The Morgan fingerprint density at radius 1 is 0.194 bits per heavy atom. The van der Waals surface area contributed by atoms with Crippen LogP contribution < -0.4 is 0 Å². The van der Waals surface area contributed by atoms with E-state index in [1.807, 2.05) is 120 Å². The van der Waals surface area contributed by atoms with Gasteiger partial charge in [-0.15, -0.1) is 22.7 Å². The molecule has 0 unspecified atom stereocenters. The van der Waals surface area contributed by atoms with Gasteiger partial charge in [0.05, 0.1) is 22.1 Å². The molecule has 0 bridgehead atoms. The van der Waals surface area contributed by atoms with Gasteiger partial charge in [-0.25, -0.2) is 29.9 Å². The lowest BCUT2D eigenvalue weighted by atomic mass is 9.93. The third kappa shape index (κ3) is 9.08. The Kier molecular flexibility index (Phi) is 13.3. The highest BCUT2D eigenvalue weighted by atomic mass is 32.1. The van der Waals surface area contributed by atoms with Crippen molar-refractivity contribution in [3.05, 3.63) is 340 Å². The molecule has 0 radical (unpaired) electrons. The van der Waals surface area contributed by atoms with Crippen molar-refractivity contribution >= 4 is 128 Å². The second-order valence-electron chi connectivity index (χ2n) is 27.8. The number of fused-ring (bicyclic) bond motifs is 16. The molecule has 0 saturated heterocycles. The zero-order valence-electron chi connectivity index (χ0n) is 57.7. The second-order valence-corrected chi connectivity index (χ2v) is 29.9. The molecular weight excluding hydrogens is 1350 g/mol. The summed E-state index contributed by atoms with van der Waals surface area (Å²) < 4.78 is 10.2. The van der Waals surface area contributed by atoms with Crippen LogP contribution in [0.4, 0.5) is 0 Å². The van der Waals surface area contributed by atoms with Crippen LogP contribution in [-0.4, -0.2) is 39.0 Å². The molecule has 8 nitrogen and oxygen atoms in total. The minimum Gasteiger partial charge on any atom is -0.309 e. The van der Waals surface area contributed by atoms with Gasteiger partial charge in [0.1, 0.15) is 0 Å². The molecule has 0 amide bonds. The van der Waals surface area contributed by atoms with Crippen LogP contribution in [0.5, 0.6) is 0 Å². The molecule has 24 rings (SSSR count). The van der Waals surface area contributed by atoms with E-state index in [4.69, 9.17) is 29.9 Å². The number of nitrogens with zero attached hydrogens (tertiary/aromatic N) is 8. The normalized spacial score (nSPS) is 12.1. The van der Waals surface area contributed by atoms with Gasteiger partial charge in [0.15, 0.2) is 34.9 Å². The van der Waals surface area contributed by atoms with E-state index in [0.717, 1.165) is 44.8 Å². The first-order chi connectivity index (χ1) is 53.6. The first-order valence-electron chi connectivity index (χ1n) is 36.4. The number of aromatic nitrogens is 8. The van der Waals surface area contributed by atoms with Crippen molar-refractivity contribution in [2.75, 3.05) is 0 Å². The Morgan fingerprint density at radius 2 is 0.491 bits per heavy atom. The highest BCUT2D eigenvalue weighted by Crippen LogP contribution is 2.57. The molecule has 16 aromatic carbocycles. The van der Waals surface area contributed by atoms with Gasteiger partial charge in [-0.05, 0) is 105 Å². The lowest BCUT2D eigenvalue weighted by molar-refractivity contribution is 1.07. The Bertz CT molecular complexity index is 7410. The number of thiophene rings is 2. The number of rotatable bonds is 8. The van der Waals surface area contributed by atoms with E-state index in [1.165, 1.54) is 150 Å². The van der Waals surface area contributed by atoms with Crippen molar-refractivity contribution in [3.8, 4) is 124 Å². The summed E-state index contributed by atoms with van der Waals surface area (Å²) in [5.41, 5.74) is 22.9. The number of benzene rings is 16. The Hall–Kier alpha value is -13.9. The van der Waals surface area contributed by atoms with Crippen LogP contribution in [0.15, 0.2) is 340 Å². The van der Waals surface area contributed by atoms with Gasteiger partial charge in [-0.1, -0.05) is 279 Å². The van der Waals surface area contributed by atoms with Crippen LogP contribution in [0, 0.1) is 0 Å². The van der Waals surface area contributed by atoms with Crippen molar-refractivity contribution < 1.29 is 0 Å². The lowest BCUT2D eigenvalue weighted by Crippen LogP contribution is -2.01. The maximum Gasteiger partial charge on any atom is 0.164 e. The zero-order chi connectivity index (χ0) is 70.7. The molecule has 6 heterocycles. The molecule has 0 fully saturated rings. The lowest BCUT2D eigenvalue weighted by Gasteiger charge is -2.15. The van der Waals surface area contributed by atoms with Crippen LogP contribution in [-0.2, 0) is 0 Å². The molecule has 0 spiro atoms. The SMILES string of the molecule is c1ccc(-c2nc(-c3ccccc3)nc(-c3ccc(-n4c5cccc6c5c5c7c(cccc7c7sc8ccccc8c7c54)-c4ccccc4-6)cc3)n2)cc1.c1ccc(-c2nc(-c3ccccc3)nc(-c3cccc(-n4c5cccc6c5c5c7c(cccc7c7sc8ccccc8c7c54)-c4ccccc4-6)c3)n2)cc1. The molecule has 6 aromatic heterocycles. The quantitative estimate of drug-likeness (QED) is 0.151. The van der Waals surface area contributed by atoms with Crippen LogP contribution in [0.2, 0.25) is 0 Å². The minimum absolute atomic E-state index is 0.639. The van der Waals surface area contributed by atoms with Gasteiger partial charge in [-0.2, -0.15) is 0 Å². The van der Waals surface area contributed by atoms with E-state index in [0.29, 0.717) is 34.9 Å². The number of hydrogen-bond donors (Lipinski definition) is 0. The van der Waals surface area contributed by atoms with Crippen LogP contribution in [0.1, 0.15) is 0 Å². The van der Waals surface area contributed by atoms with Crippen molar-refractivity contribution in [3.63, 3.8) is 0 Å². The Balaban J connectivity index is 0.000000130. The molecule has 0 atom stereocenters. The van der Waals surface area contributed by atoms with Gasteiger partial charge >= 0.3 is 0 Å². The molecule has 500 valence electrons. The third-order valence-corrected chi connectivity index (χ3v) is 24.3. The molecule has 2 aliphatic rings. The van der Waals surface area contributed by atoms with E-state index < -0.39 is 0 Å². The van der Waals surface area contributed by atoms with Gasteiger partial charge in [0.2, 0.25) is 0 Å². The Morgan fingerprint density at radius 3 is 0.898 bits per heavy atom. The summed E-state index contributed by atoms with van der Waals surface area (Å²) in [5, 5.41) is 15.7. The van der Waals surface area contributed by atoms with E-state index in [9.17, 15) is 0 Å². The summed E-state index contributed by atoms with van der Waals surface area (Å²) in [7, 11) is 0. The topological polar surface area (TPSA) is 87.2 Å². The number of hydrogen-bond acceptors (Lipinski definition) is 8. The van der Waals surface area contributed by atoms with Gasteiger partial charge in [0.25, 0.3) is 0 Å². The first kappa shape index (κ1) is 60.5. The fourth-order valence-corrected chi connectivity index (χ4v) is 19.8. The van der Waals surface area contributed by atoms with Crippen molar-refractivity contribution in [1.82, 2.24) is 39.0 Å². The van der Waals surface area contributed by atoms with E-state index in [1.54, 1.807) is 0 Å². The standard InChI is InChI=1S/2C49H28N4S/c1-3-14-29(15-4-1)47-50-48(30-16-5-2-6-17-30)52-49(51-47)31-18-11-19-32(28-31)53-39-26-13-24-36-34-21-8-7-20-33(34)35-23-12-25-38-41(35)44(42(36)39)45(53)43-37-22-9-10-27-40(37)54-46(38)43;1-3-13-29(14-4-1)47-50-48(30-15-5-2-6-16-30)52-49(51-47)31-25-27-32(28-26-31)53-39-23-12-21-36-34-18-8-7-17-33(34)35-20-11-22-38-41(35)44(42(36)39)45(53)43-37-19-9-10-24-40(37)54-46(38)43/h2*1-28H. The summed E-state index contributed by atoms with van der Waals surface area (Å²) in [6.07, 6.45) is 0. The fourth-order valence-electron chi connectivity index (χ4n) is 17.4. The molecule has 10 heteroatoms.